The molecule has 0 bridgehead atoms. The van der Waals surface area contributed by atoms with Gasteiger partial charge in [0.05, 0.1) is 11.1 Å². The van der Waals surface area contributed by atoms with Crippen LogP contribution in [0.5, 0.6) is 5.75 Å². The molecular formula is C15H16N5O. The van der Waals surface area contributed by atoms with Gasteiger partial charge in [0.1, 0.15) is 23.5 Å². The lowest BCUT2D eigenvalue weighted by Crippen LogP contribution is -2.24. The summed E-state index contributed by atoms with van der Waals surface area (Å²) in [6, 6.07) is 5.65. The molecule has 0 aromatic carbocycles. The Bertz CT molecular complexity index is 768. The number of nitrogens with zero attached hydrogens (tertiary/aromatic N) is 4. The maximum absolute atomic E-state index is 5.75. The minimum Gasteiger partial charge on any atom is -0.469 e. The normalized spacial score (nSPS) is 12.3. The van der Waals surface area contributed by atoms with Gasteiger partial charge in [-0.05, 0) is 25.1 Å². The number of pyridine rings is 1. The van der Waals surface area contributed by atoms with Gasteiger partial charge in [-0.15, -0.1) is 0 Å². The SMILES string of the molecule is [CH2]C(Nc1ncnc2c1ccn2C)Oc1cccnc1C. The fourth-order valence-electron chi connectivity index (χ4n) is 2.12. The van der Waals surface area contributed by atoms with Gasteiger partial charge in [0.25, 0.3) is 0 Å². The summed E-state index contributed by atoms with van der Waals surface area (Å²) in [7, 11) is 1.94. The van der Waals surface area contributed by atoms with Crippen molar-refractivity contribution in [1.29, 1.82) is 0 Å². The molecule has 0 aliphatic rings. The third kappa shape index (κ3) is 2.65. The van der Waals surface area contributed by atoms with E-state index in [1.165, 1.54) is 6.33 Å². The van der Waals surface area contributed by atoms with Crippen LogP contribution < -0.4 is 10.1 Å². The van der Waals surface area contributed by atoms with Crippen molar-refractivity contribution in [2.75, 3.05) is 5.32 Å². The summed E-state index contributed by atoms with van der Waals surface area (Å²) in [5, 5.41) is 4.08. The van der Waals surface area contributed by atoms with Crippen molar-refractivity contribution >= 4 is 16.9 Å². The first-order valence-electron chi connectivity index (χ1n) is 6.59. The van der Waals surface area contributed by atoms with Crippen LogP contribution in [0.15, 0.2) is 36.9 Å². The summed E-state index contributed by atoms with van der Waals surface area (Å²) in [5.74, 6) is 1.39. The molecule has 0 spiro atoms. The summed E-state index contributed by atoms with van der Waals surface area (Å²) in [4.78, 5) is 12.7. The quantitative estimate of drug-likeness (QED) is 0.744. The van der Waals surface area contributed by atoms with Gasteiger partial charge in [-0.1, -0.05) is 0 Å². The van der Waals surface area contributed by atoms with Gasteiger partial charge in [0.15, 0.2) is 6.23 Å². The van der Waals surface area contributed by atoms with Gasteiger partial charge < -0.3 is 14.6 Å². The number of ether oxygens (including phenoxy) is 1. The molecule has 107 valence electrons. The number of nitrogens with one attached hydrogen (secondary N) is 1. The Morgan fingerprint density at radius 1 is 1.29 bits per heavy atom. The van der Waals surface area contributed by atoms with Crippen molar-refractivity contribution in [3.63, 3.8) is 0 Å². The molecule has 3 aromatic heterocycles. The van der Waals surface area contributed by atoms with Gasteiger partial charge >= 0.3 is 0 Å². The number of rotatable bonds is 4. The smallest absolute Gasteiger partial charge is 0.171 e. The zero-order chi connectivity index (χ0) is 14.8. The number of hydrogen-bond acceptors (Lipinski definition) is 5. The van der Waals surface area contributed by atoms with Crippen LogP contribution >= 0.6 is 0 Å². The minimum atomic E-state index is -0.480. The monoisotopic (exact) mass is 282 g/mol. The van der Waals surface area contributed by atoms with Crippen molar-refractivity contribution in [1.82, 2.24) is 19.5 Å². The Kier molecular flexibility index (Phi) is 3.43. The van der Waals surface area contributed by atoms with E-state index in [9.17, 15) is 0 Å². The van der Waals surface area contributed by atoms with Gasteiger partial charge in [-0.2, -0.15) is 0 Å². The number of aryl methyl sites for hydroxylation is 2. The molecule has 6 nitrogen and oxygen atoms in total. The molecule has 0 amide bonds. The third-order valence-corrected chi connectivity index (χ3v) is 3.19. The van der Waals surface area contributed by atoms with E-state index in [-0.39, 0.29) is 0 Å². The molecule has 0 saturated carbocycles. The molecule has 6 heteroatoms. The second-order valence-corrected chi connectivity index (χ2v) is 4.72. The predicted molar refractivity (Wildman–Crippen MR) is 80.9 cm³/mol. The molecule has 1 atom stereocenters. The first kappa shape index (κ1) is 13.4. The zero-order valence-electron chi connectivity index (χ0n) is 11.9. The summed E-state index contributed by atoms with van der Waals surface area (Å²) in [6.45, 7) is 5.85. The summed E-state index contributed by atoms with van der Waals surface area (Å²) in [6.07, 6.45) is 4.71. The molecule has 0 saturated heterocycles. The number of fused-ring (bicyclic) bond motifs is 1. The number of hydrogen-bond donors (Lipinski definition) is 1. The van der Waals surface area contributed by atoms with Crippen LogP contribution in [-0.2, 0) is 7.05 Å². The molecule has 21 heavy (non-hydrogen) atoms. The first-order chi connectivity index (χ1) is 10.1. The van der Waals surface area contributed by atoms with E-state index in [4.69, 9.17) is 4.74 Å². The summed E-state index contributed by atoms with van der Waals surface area (Å²) >= 11 is 0. The molecule has 3 aromatic rings. The Labute approximate surface area is 122 Å². The largest absolute Gasteiger partial charge is 0.469 e. The average Bonchev–Trinajstić information content (AvgIpc) is 2.84. The highest BCUT2D eigenvalue weighted by molar-refractivity contribution is 5.87. The second-order valence-electron chi connectivity index (χ2n) is 4.72. The fourth-order valence-corrected chi connectivity index (χ4v) is 2.12. The molecule has 0 aliphatic carbocycles. The second kappa shape index (κ2) is 5.40. The van der Waals surface area contributed by atoms with Gasteiger partial charge in [-0.3, -0.25) is 4.98 Å². The van der Waals surface area contributed by atoms with Gasteiger partial charge in [0, 0.05) is 26.4 Å². The topological polar surface area (TPSA) is 64.9 Å². The van der Waals surface area contributed by atoms with Crippen LogP contribution in [0.4, 0.5) is 5.82 Å². The molecule has 0 aliphatic heterocycles. The van der Waals surface area contributed by atoms with Crippen LogP contribution in [0.25, 0.3) is 11.0 Å². The van der Waals surface area contributed by atoms with E-state index in [1.807, 2.05) is 42.9 Å². The van der Waals surface area contributed by atoms with E-state index in [0.717, 1.165) is 16.7 Å². The Morgan fingerprint density at radius 3 is 2.95 bits per heavy atom. The molecule has 1 radical (unpaired) electrons. The molecule has 0 fully saturated rings. The number of anilines is 1. The zero-order valence-corrected chi connectivity index (χ0v) is 11.9. The predicted octanol–water partition coefficient (Wildman–Crippen LogP) is 2.32. The van der Waals surface area contributed by atoms with E-state index < -0.39 is 6.23 Å². The van der Waals surface area contributed by atoms with Crippen LogP contribution in [-0.4, -0.2) is 25.7 Å². The van der Waals surface area contributed by atoms with Gasteiger partial charge in [-0.25, -0.2) is 9.97 Å². The molecule has 1 N–H and O–H groups in total. The Balaban J connectivity index is 1.80. The van der Waals surface area contributed by atoms with E-state index in [1.54, 1.807) is 6.20 Å². The van der Waals surface area contributed by atoms with Crippen molar-refractivity contribution < 1.29 is 4.74 Å². The fraction of sp³-hybridized carbons (Fsp3) is 0.200. The molecule has 1 unspecified atom stereocenters. The maximum Gasteiger partial charge on any atom is 0.171 e. The highest BCUT2D eigenvalue weighted by Gasteiger charge is 2.11. The van der Waals surface area contributed by atoms with Crippen LogP contribution in [0.1, 0.15) is 5.69 Å². The van der Waals surface area contributed by atoms with Crippen molar-refractivity contribution in [3.05, 3.63) is 49.5 Å². The van der Waals surface area contributed by atoms with Crippen LogP contribution in [0.3, 0.4) is 0 Å². The van der Waals surface area contributed by atoms with Crippen molar-refractivity contribution in [3.8, 4) is 5.75 Å². The Morgan fingerprint density at radius 2 is 2.14 bits per heavy atom. The van der Waals surface area contributed by atoms with E-state index in [0.29, 0.717) is 11.6 Å². The third-order valence-electron chi connectivity index (χ3n) is 3.19. The number of aromatic nitrogens is 4. The van der Waals surface area contributed by atoms with E-state index in [2.05, 4.69) is 27.2 Å². The van der Waals surface area contributed by atoms with Gasteiger partial charge in [0.2, 0.25) is 0 Å². The highest BCUT2D eigenvalue weighted by atomic mass is 16.5. The standard InChI is InChI=1S/C15H16N5O/c1-10-13(5-4-7-16-10)21-11(2)19-14-12-6-8-20(3)15(12)18-9-17-14/h4-9,11H,2H2,1,3H3,(H,17,18,19). The first-order valence-corrected chi connectivity index (χ1v) is 6.59. The average molecular weight is 282 g/mol. The Hall–Kier alpha value is -2.63. The minimum absolute atomic E-state index is 0.480. The van der Waals surface area contributed by atoms with Crippen molar-refractivity contribution in [2.24, 2.45) is 7.05 Å². The lowest BCUT2D eigenvalue weighted by Gasteiger charge is -2.17. The van der Waals surface area contributed by atoms with Crippen LogP contribution in [0, 0.1) is 13.8 Å². The molecular weight excluding hydrogens is 266 g/mol. The van der Waals surface area contributed by atoms with Crippen LogP contribution in [0.2, 0.25) is 0 Å². The summed E-state index contributed by atoms with van der Waals surface area (Å²) < 4.78 is 7.69. The lowest BCUT2D eigenvalue weighted by atomic mass is 10.3. The van der Waals surface area contributed by atoms with Crippen molar-refractivity contribution in [2.45, 2.75) is 13.2 Å². The highest BCUT2D eigenvalue weighted by Crippen LogP contribution is 2.21. The molecule has 3 rings (SSSR count). The molecule has 3 heterocycles. The summed E-state index contributed by atoms with van der Waals surface area (Å²) in [5.41, 5.74) is 1.68. The van der Waals surface area contributed by atoms with E-state index >= 15 is 0 Å². The maximum atomic E-state index is 5.75. The lowest BCUT2D eigenvalue weighted by molar-refractivity contribution is 0.272.